The molecule has 1 aliphatic heterocycles. The van der Waals surface area contributed by atoms with E-state index in [0.29, 0.717) is 29.3 Å². The van der Waals surface area contributed by atoms with Gasteiger partial charge in [0.2, 0.25) is 6.79 Å². The van der Waals surface area contributed by atoms with Crippen LogP contribution in [0.25, 0.3) is 0 Å². The van der Waals surface area contributed by atoms with Gasteiger partial charge in [0.1, 0.15) is 0 Å². The van der Waals surface area contributed by atoms with E-state index in [1.54, 1.807) is 18.2 Å². The Morgan fingerprint density at radius 3 is 2.46 bits per heavy atom. The number of pyridine rings is 1. The van der Waals surface area contributed by atoms with Crippen molar-refractivity contribution < 1.29 is 19.1 Å². The SMILES string of the molecule is O=C(NCc1ccccc1)c1cncc(C(=O)Nc2ccc3c(c2)OCO3)c1. The fraction of sp³-hybridized carbons (Fsp3) is 0.0952. The van der Waals surface area contributed by atoms with Crippen LogP contribution in [0, 0.1) is 0 Å². The molecule has 140 valence electrons. The highest BCUT2D eigenvalue weighted by molar-refractivity contribution is 6.06. The van der Waals surface area contributed by atoms with Crippen LogP contribution in [0.1, 0.15) is 26.3 Å². The number of hydrogen-bond donors (Lipinski definition) is 2. The van der Waals surface area contributed by atoms with Crippen molar-refractivity contribution in [1.82, 2.24) is 10.3 Å². The molecule has 0 spiro atoms. The van der Waals surface area contributed by atoms with E-state index in [0.717, 1.165) is 5.56 Å². The average Bonchev–Trinajstić information content (AvgIpc) is 3.21. The van der Waals surface area contributed by atoms with Gasteiger partial charge in [0.25, 0.3) is 11.8 Å². The normalized spacial score (nSPS) is 11.7. The van der Waals surface area contributed by atoms with Gasteiger partial charge in [0.05, 0.1) is 11.1 Å². The van der Waals surface area contributed by atoms with Crippen LogP contribution in [0.3, 0.4) is 0 Å². The third-order valence-electron chi connectivity index (χ3n) is 4.19. The van der Waals surface area contributed by atoms with Crippen LogP contribution in [-0.2, 0) is 6.54 Å². The number of hydrogen-bond acceptors (Lipinski definition) is 5. The first-order chi connectivity index (χ1) is 13.7. The number of carbonyl (C=O) groups excluding carboxylic acids is 2. The second kappa shape index (κ2) is 7.79. The number of carbonyl (C=O) groups is 2. The Kier molecular flexibility index (Phi) is 4.88. The molecule has 7 heteroatoms. The van der Waals surface area contributed by atoms with E-state index in [9.17, 15) is 9.59 Å². The van der Waals surface area contributed by atoms with E-state index in [-0.39, 0.29) is 24.2 Å². The van der Waals surface area contributed by atoms with Crippen molar-refractivity contribution in [3.8, 4) is 11.5 Å². The predicted octanol–water partition coefficient (Wildman–Crippen LogP) is 2.99. The smallest absolute Gasteiger partial charge is 0.257 e. The number of aromatic nitrogens is 1. The minimum Gasteiger partial charge on any atom is -0.454 e. The molecule has 2 aromatic carbocycles. The number of nitrogens with one attached hydrogen (secondary N) is 2. The molecule has 0 saturated carbocycles. The topological polar surface area (TPSA) is 89.6 Å². The summed E-state index contributed by atoms with van der Waals surface area (Å²) in [6.07, 6.45) is 2.84. The minimum atomic E-state index is -0.371. The molecular formula is C21H17N3O4. The summed E-state index contributed by atoms with van der Waals surface area (Å²) in [6, 6.07) is 16.2. The summed E-state index contributed by atoms with van der Waals surface area (Å²) in [4.78, 5) is 28.9. The Morgan fingerprint density at radius 1 is 0.893 bits per heavy atom. The lowest BCUT2D eigenvalue weighted by molar-refractivity contribution is 0.0950. The van der Waals surface area contributed by atoms with Gasteiger partial charge in [-0.25, -0.2) is 0 Å². The highest BCUT2D eigenvalue weighted by atomic mass is 16.7. The Morgan fingerprint density at radius 2 is 1.64 bits per heavy atom. The van der Waals surface area contributed by atoms with Crippen LogP contribution in [0.2, 0.25) is 0 Å². The van der Waals surface area contributed by atoms with Gasteiger partial charge in [-0.05, 0) is 23.8 Å². The summed E-state index contributed by atoms with van der Waals surface area (Å²) in [6.45, 7) is 0.560. The Bertz CT molecular complexity index is 1020. The molecule has 0 unspecified atom stereocenters. The van der Waals surface area contributed by atoms with Gasteiger partial charge >= 0.3 is 0 Å². The zero-order valence-corrected chi connectivity index (χ0v) is 14.8. The molecule has 0 saturated heterocycles. The molecule has 0 fully saturated rings. The molecule has 7 nitrogen and oxygen atoms in total. The van der Waals surface area contributed by atoms with E-state index >= 15 is 0 Å². The molecule has 0 atom stereocenters. The predicted molar refractivity (Wildman–Crippen MR) is 102 cm³/mol. The highest BCUT2D eigenvalue weighted by Crippen LogP contribution is 2.34. The van der Waals surface area contributed by atoms with E-state index < -0.39 is 0 Å². The molecule has 0 radical (unpaired) electrons. The van der Waals surface area contributed by atoms with Crippen molar-refractivity contribution in [2.24, 2.45) is 0 Å². The van der Waals surface area contributed by atoms with E-state index in [2.05, 4.69) is 15.6 Å². The van der Waals surface area contributed by atoms with Crippen molar-refractivity contribution in [2.75, 3.05) is 12.1 Å². The zero-order valence-electron chi connectivity index (χ0n) is 14.8. The second-order valence-corrected chi connectivity index (χ2v) is 6.15. The largest absolute Gasteiger partial charge is 0.454 e. The summed E-state index contributed by atoms with van der Waals surface area (Å²) >= 11 is 0. The van der Waals surface area contributed by atoms with Crippen LogP contribution in [0.4, 0.5) is 5.69 Å². The number of anilines is 1. The lowest BCUT2D eigenvalue weighted by Crippen LogP contribution is -2.23. The fourth-order valence-electron chi connectivity index (χ4n) is 2.75. The van der Waals surface area contributed by atoms with Gasteiger partial charge in [0.15, 0.2) is 11.5 Å². The van der Waals surface area contributed by atoms with Crippen LogP contribution in [0.5, 0.6) is 11.5 Å². The molecular weight excluding hydrogens is 358 g/mol. The Hall–Kier alpha value is -3.87. The van der Waals surface area contributed by atoms with Crippen molar-refractivity contribution >= 4 is 17.5 Å². The van der Waals surface area contributed by atoms with Gasteiger partial charge in [-0.2, -0.15) is 0 Å². The van der Waals surface area contributed by atoms with Crippen molar-refractivity contribution in [3.63, 3.8) is 0 Å². The van der Waals surface area contributed by atoms with Crippen molar-refractivity contribution in [3.05, 3.63) is 83.7 Å². The standard InChI is InChI=1S/C21H17N3O4/c25-20(23-10-14-4-2-1-3-5-14)15-8-16(12-22-11-15)21(26)24-17-6-7-18-19(9-17)28-13-27-18/h1-9,11-12H,10,13H2,(H,23,25)(H,24,26). The average molecular weight is 375 g/mol. The summed E-state index contributed by atoms with van der Waals surface area (Å²) in [7, 11) is 0. The quantitative estimate of drug-likeness (QED) is 0.716. The number of nitrogens with zero attached hydrogens (tertiary/aromatic N) is 1. The first-order valence-corrected chi connectivity index (χ1v) is 8.67. The van der Waals surface area contributed by atoms with E-state index in [1.807, 2.05) is 30.3 Å². The van der Waals surface area contributed by atoms with Gasteiger partial charge in [0, 0.05) is 30.7 Å². The number of amides is 2. The number of rotatable bonds is 5. The molecule has 2 N–H and O–H groups in total. The molecule has 4 rings (SSSR count). The van der Waals surface area contributed by atoms with Crippen molar-refractivity contribution in [1.29, 1.82) is 0 Å². The summed E-state index contributed by atoms with van der Waals surface area (Å²) in [5, 5.41) is 5.58. The molecule has 1 aliphatic rings. The number of fused-ring (bicyclic) bond motifs is 1. The third kappa shape index (κ3) is 3.93. The van der Waals surface area contributed by atoms with Crippen LogP contribution < -0.4 is 20.1 Å². The van der Waals surface area contributed by atoms with Crippen LogP contribution in [0.15, 0.2) is 67.0 Å². The maximum Gasteiger partial charge on any atom is 0.257 e. The summed E-state index contributed by atoms with van der Waals surface area (Å²) < 4.78 is 10.6. The van der Waals surface area contributed by atoms with Gasteiger partial charge < -0.3 is 20.1 Å². The molecule has 3 aromatic rings. The molecule has 2 heterocycles. The van der Waals surface area contributed by atoms with Crippen molar-refractivity contribution in [2.45, 2.75) is 6.54 Å². The van der Waals surface area contributed by atoms with E-state index in [1.165, 1.54) is 18.5 Å². The fourth-order valence-corrected chi connectivity index (χ4v) is 2.75. The lowest BCUT2D eigenvalue weighted by atomic mass is 10.1. The van der Waals surface area contributed by atoms with Gasteiger partial charge in [-0.15, -0.1) is 0 Å². The molecule has 28 heavy (non-hydrogen) atoms. The first kappa shape index (κ1) is 17.5. The monoisotopic (exact) mass is 375 g/mol. The maximum atomic E-state index is 12.5. The lowest BCUT2D eigenvalue weighted by Gasteiger charge is -2.08. The van der Waals surface area contributed by atoms with Crippen LogP contribution in [-0.4, -0.2) is 23.6 Å². The molecule has 0 bridgehead atoms. The zero-order chi connectivity index (χ0) is 19.3. The maximum absolute atomic E-state index is 12.5. The van der Waals surface area contributed by atoms with Gasteiger partial charge in [-0.3, -0.25) is 14.6 Å². The second-order valence-electron chi connectivity index (χ2n) is 6.15. The summed E-state index contributed by atoms with van der Waals surface area (Å²) in [5.41, 5.74) is 2.15. The number of benzene rings is 2. The van der Waals surface area contributed by atoms with E-state index in [4.69, 9.17) is 9.47 Å². The Balaban J connectivity index is 1.42. The minimum absolute atomic E-state index is 0.163. The number of ether oxygens (including phenoxy) is 2. The molecule has 0 aliphatic carbocycles. The first-order valence-electron chi connectivity index (χ1n) is 8.67. The van der Waals surface area contributed by atoms with Crippen LogP contribution >= 0.6 is 0 Å². The molecule has 2 amide bonds. The Labute approximate surface area is 161 Å². The molecule has 1 aromatic heterocycles. The third-order valence-corrected chi connectivity index (χ3v) is 4.19. The highest BCUT2D eigenvalue weighted by Gasteiger charge is 2.16. The van der Waals surface area contributed by atoms with Gasteiger partial charge in [-0.1, -0.05) is 30.3 Å². The summed E-state index contributed by atoms with van der Waals surface area (Å²) in [5.74, 6) is 0.542.